The van der Waals surface area contributed by atoms with Gasteiger partial charge in [-0.15, -0.1) is 0 Å². The van der Waals surface area contributed by atoms with Crippen molar-refractivity contribution in [1.29, 1.82) is 0 Å². The SMILES string of the molecule is CC(C)(C)NC1=NC2(CCC3(CCCC3)CC2)C(=O)N1. The van der Waals surface area contributed by atoms with Crippen molar-refractivity contribution in [2.24, 2.45) is 10.4 Å². The first-order valence-electron chi connectivity index (χ1n) is 8.02. The summed E-state index contributed by atoms with van der Waals surface area (Å²) < 4.78 is 0. The van der Waals surface area contributed by atoms with Crippen LogP contribution in [0.4, 0.5) is 0 Å². The van der Waals surface area contributed by atoms with Gasteiger partial charge in [-0.3, -0.25) is 10.1 Å². The normalized spacial score (nSPS) is 27.8. The molecule has 0 saturated heterocycles. The Hall–Kier alpha value is -1.06. The smallest absolute Gasteiger partial charge is 0.254 e. The van der Waals surface area contributed by atoms with Crippen molar-refractivity contribution >= 4 is 11.9 Å². The first kappa shape index (κ1) is 13.9. The Balaban J connectivity index is 1.72. The molecule has 1 amide bonds. The lowest BCUT2D eigenvalue weighted by Gasteiger charge is -2.40. The highest BCUT2D eigenvalue weighted by atomic mass is 16.2. The third kappa shape index (κ3) is 2.45. The maximum atomic E-state index is 12.4. The topological polar surface area (TPSA) is 53.5 Å². The summed E-state index contributed by atoms with van der Waals surface area (Å²) in [4.78, 5) is 17.1. The van der Waals surface area contributed by atoms with Gasteiger partial charge >= 0.3 is 0 Å². The van der Waals surface area contributed by atoms with Crippen molar-refractivity contribution in [3.63, 3.8) is 0 Å². The molecule has 2 spiro atoms. The molecule has 2 aliphatic carbocycles. The van der Waals surface area contributed by atoms with E-state index in [1.54, 1.807) is 0 Å². The molecule has 2 fully saturated rings. The zero-order valence-electron chi connectivity index (χ0n) is 13.0. The van der Waals surface area contributed by atoms with Gasteiger partial charge in [-0.1, -0.05) is 12.8 Å². The molecule has 3 aliphatic rings. The monoisotopic (exact) mass is 277 g/mol. The van der Waals surface area contributed by atoms with Crippen LogP contribution in [0.15, 0.2) is 4.99 Å². The van der Waals surface area contributed by atoms with Crippen molar-refractivity contribution < 1.29 is 4.79 Å². The molecule has 112 valence electrons. The third-order valence-corrected chi connectivity index (χ3v) is 5.28. The summed E-state index contributed by atoms with van der Waals surface area (Å²) in [6.45, 7) is 6.25. The zero-order chi connectivity index (χ0) is 14.4. The van der Waals surface area contributed by atoms with E-state index in [-0.39, 0.29) is 11.4 Å². The minimum absolute atomic E-state index is 0.0705. The molecular weight excluding hydrogens is 250 g/mol. The lowest BCUT2D eigenvalue weighted by Crippen LogP contribution is -2.48. The van der Waals surface area contributed by atoms with Gasteiger partial charge in [0.15, 0.2) is 5.96 Å². The average Bonchev–Trinajstić information content (AvgIpc) is 2.89. The zero-order valence-corrected chi connectivity index (χ0v) is 13.0. The summed E-state index contributed by atoms with van der Waals surface area (Å²) in [7, 11) is 0. The van der Waals surface area contributed by atoms with Crippen LogP contribution in [0, 0.1) is 5.41 Å². The van der Waals surface area contributed by atoms with Crippen LogP contribution in [0.5, 0.6) is 0 Å². The fourth-order valence-corrected chi connectivity index (χ4v) is 4.09. The molecule has 2 N–H and O–H groups in total. The molecule has 0 unspecified atom stereocenters. The maximum Gasteiger partial charge on any atom is 0.254 e. The number of carbonyl (C=O) groups excluding carboxylic acids is 1. The van der Waals surface area contributed by atoms with Crippen molar-refractivity contribution in [1.82, 2.24) is 10.6 Å². The van der Waals surface area contributed by atoms with Crippen molar-refractivity contribution in [2.45, 2.75) is 83.2 Å². The molecule has 2 saturated carbocycles. The fourth-order valence-electron chi connectivity index (χ4n) is 4.09. The Morgan fingerprint density at radius 2 is 1.65 bits per heavy atom. The first-order chi connectivity index (χ1) is 9.33. The van der Waals surface area contributed by atoms with E-state index in [0.29, 0.717) is 11.4 Å². The van der Waals surface area contributed by atoms with Crippen LogP contribution in [-0.2, 0) is 4.79 Å². The molecule has 0 radical (unpaired) electrons. The summed E-state index contributed by atoms with van der Waals surface area (Å²) in [6, 6.07) is 0. The van der Waals surface area contributed by atoms with Crippen molar-refractivity contribution in [3.05, 3.63) is 0 Å². The average molecular weight is 277 g/mol. The number of rotatable bonds is 0. The summed E-state index contributed by atoms with van der Waals surface area (Å²) in [5, 5.41) is 6.25. The van der Waals surface area contributed by atoms with Gasteiger partial charge in [0.1, 0.15) is 5.54 Å². The molecule has 20 heavy (non-hydrogen) atoms. The van der Waals surface area contributed by atoms with E-state index in [2.05, 4.69) is 31.4 Å². The second-order valence-corrected chi connectivity index (χ2v) is 8.03. The van der Waals surface area contributed by atoms with E-state index < -0.39 is 5.54 Å². The van der Waals surface area contributed by atoms with Gasteiger partial charge in [-0.25, -0.2) is 4.99 Å². The van der Waals surface area contributed by atoms with E-state index in [9.17, 15) is 4.79 Å². The van der Waals surface area contributed by atoms with Gasteiger partial charge in [-0.2, -0.15) is 0 Å². The number of amides is 1. The highest BCUT2D eigenvalue weighted by Crippen LogP contribution is 2.52. The molecule has 0 atom stereocenters. The van der Waals surface area contributed by atoms with Gasteiger partial charge in [0.05, 0.1) is 0 Å². The largest absolute Gasteiger partial charge is 0.351 e. The van der Waals surface area contributed by atoms with Crippen molar-refractivity contribution in [2.75, 3.05) is 0 Å². The first-order valence-corrected chi connectivity index (χ1v) is 8.02. The molecule has 4 nitrogen and oxygen atoms in total. The highest BCUT2D eigenvalue weighted by molar-refractivity contribution is 6.07. The highest BCUT2D eigenvalue weighted by Gasteiger charge is 2.50. The standard InChI is InChI=1S/C16H27N3O/c1-14(2,3)18-13-17-12(20)16(19-13)10-8-15(9-11-16)6-4-5-7-15/h4-11H2,1-3H3,(H2,17,18,19,20). The van der Waals surface area contributed by atoms with Crippen LogP contribution in [-0.4, -0.2) is 22.9 Å². The molecule has 0 aromatic rings. The molecule has 0 aromatic carbocycles. The molecule has 0 aromatic heterocycles. The Labute approximate surface area is 121 Å². The number of nitrogens with zero attached hydrogens (tertiary/aromatic N) is 1. The van der Waals surface area contributed by atoms with Crippen LogP contribution >= 0.6 is 0 Å². The number of carbonyl (C=O) groups is 1. The Morgan fingerprint density at radius 1 is 1.05 bits per heavy atom. The third-order valence-electron chi connectivity index (χ3n) is 5.28. The minimum atomic E-state index is -0.471. The summed E-state index contributed by atoms with van der Waals surface area (Å²) in [6.07, 6.45) is 9.67. The van der Waals surface area contributed by atoms with Crippen LogP contribution in [0.1, 0.15) is 72.1 Å². The van der Waals surface area contributed by atoms with Gasteiger partial charge in [0.2, 0.25) is 0 Å². The molecule has 4 heteroatoms. The molecular formula is C16H27N3O. The second-order valence-electron chi connectivity index (χ2n) is 8.03. The van der Waals surface area contributed by atoms with E-state index in [4.69, 9.17) is 4.99 Å². The molecule has 3 rings (SSSR count). The van der Waals surface area contributed by atoms with E-state index >= 15 is 0 Å². The number of guanidine groups is 1. The summed E-state index contributed by atoms with van der Waals surface area (Å²) >= 11 is 0. The van der Waals surface area contributed by atoms with Crippen LogP contribution in [0.2, 0.25) is 0 Å². The quantitative estimate of drug-likeness (QED) is 0.715. The number of nitrogens with one attached hydrogen (secondary N) is 2. The van der Waals surface area contributed by atoms with Crippen LogP contribution in [0.3, 0.4) is 0 Å². The predicted molar refractivity (Wildman–Crippen MR) is 80.6 cm³/mol. The minimum Gasteiger partial charge on any atom is -0.351 e. The van der Waals surface area contributed by atoms with Crippen molar-refractivity contribution in [3.8, 4) is 0 Å². The maximum absolute atomic E-state index is 12.4. The van der Waals surface area contributed by atoms with Gasteiger partial charge in [0, 0.05) is 5.54 Å². The number of hydrogen-bond acceptors (Lipinski definition) is 3. The van der Waals surface area contributed by atoms with E-state index in [0.717, 1.165) is 12.8 Å². The summed E-state index contributed by atoms with van der Waals surface area (Å²) in [5.74, 6) is 0.780. The second kappa shape index (κ2) is 4.47. The van der Waals surface area contributed by atoms with Gasteiger partial charge in [0.25, 0.3) is 5.91 Å². The van der Waals surface area contributed by atoms with E-state index in [1.807, 2.05) is 0 Å². The molecule has 1 aliphatic heterocycles. The lowest BCUT2D eigenvalue weighted by molar-refractivity contribution is -0.125. The van der Waals surface area contributed by atoms with E-state index in [1.165, 1.54) is 38.5 Å². The Morgan fingerprint density at radius 3 is 2.20 bits per heavy atom. The van der Waals surface area contributed by atoms with Gasteiger partial charge < -0.3 is 5.32 Å². The van der Waals surface area contributed by atoms with Crippen LogP contribution < -0.4 is 10.6 Å². The summed E-state index contributed by atoms with van der Waals surface area (Å²) in [5.41, 5.74) is 0.00165. The molecule has 0 bridgehead atoms. The number of aliphatic imine (C=N–C) groups is 1. The predicted octanol–water partition coefficient (Wildman–Crippen LogP) is 2.73. The fraction of sp³-hybridized carbons (Fsp3) is 0.875. The lowest BCUT2D eigenvalue weighted by atomic mass is 9.66. The van der Waals surface area contributed by atoms with Crippen LogP contribution in [0.25, 0.3) is 0 Å². The Kier molecular flexibility index (Phi) is 3.11. The van der Waals surface area contributed by atoms with Gasteiger partial charge in [-0.05, 0) is 64.7 Å². The Bertz CT molecular complexity index is 431. The molecule has 1 heterocycles. The number of hydrogen-bond donors (Lipinski definition) is 2.